The van der Waals surface area contributed by atoms with E-state index in [1.807, 2.05) is 0 Å². The highest BCUT2D eigenvalue weighted by Crippen LogP contribution is 2.33. The van der Waals surface area contributed by atoms with Crippen molar-refractivity contribution in [3.8, 4) is 0 Å². The van der Waals surface area contributed by atoms with Crippen molar-refractivity contribution in [2.24, 2.45) is 0 Å². The topological polar surface area (TPSA) is 35.1 Å². The lowest BCUT2D eigenvalue weighted by Gasteiger charge is -2.28. The molecule has 0 spiro atoms. The maximum absolute atomic E-state index is 13.8. The van der Waals surface area contributed by atoms with Crippen molar-refractivity contribution in [1.82, 2.24) is 4.72 Å². The molecule has 0 aliphatic heterocycles. The van der Waals surface area contributed by atoms with Gasteiger partial charge in [0.25, 0.3) is 6.43 Å². The molecule has 0 bridgehead atoms. The maximum Gasteiger partial charge on any atom is 0.416 e. The van der Waals surface area contributed by atoms with Crippen molar-refractivity contribution in [3.05, 3.63) is 35.1 Å². The van der Waals surface area contributed by atoms with Gasteiger partial charge in [-0.05, 0) is 32.9 Å². The molecular weight excluding hydrogens is 332 g/mol. The van der Waals surface area contributed by atoms with E-state index in [0.717, 1.165) is 0 Å². The number of halogens is 6. The van der Waals surface area contributed by atoms with Gasteiger partial charge >= 0.3 is 6.18 Å². The summed E-state index contributed by atoms with van der Waals surface area (Å²) in [5, 5.41) is 0. The minimum absolute atomic E-state index is 0.145. The van der Waals surface area contributed by atoms with Crippen molar-refractivity contribution in [3.63, 3.8) is 0 Å². The Kier molecular flexibility index (Phi) is 5.80. The highest BCUT2D eigenvalue weighted by molar-refractivity contribution is 7.90. The molecule has 1 unspecified atom stereocenters. The zero-order chi connectivity index (χ0) is 17.3. The van der Waals surface area contributed by atoms with Crippen LogP contribution in [0.4, 0.5) is 26.3 Å². The Morgan fingerprint density at radius 3 is 2.05 bits per heavy atom. The van der Waals surface area contributed by atoms with Gasteiger partial charge in [-0.25, -0.2) is 13.2 Å². The molecule has 0 aliphatic carbocycles. The number of alkyl halides is 5. The van der Waals surface area contributed by atoms with Gasteiger partial charge in [0.2, 0.25) is 0 Å². The van der Waals surface area contributed by atoms with Crippen LogP contribution in [0.25, 0.3) is 0 Å². The molecule has 0 saturated carbocycles. The predicted molar refractivity (Wildman–Crippen MR) is 71.2 cm³/mol. The molecule has 2 nitrogen and oxygen atoms in total. The highest BCUT2D eigenvalue weighted by Gasteiger charge is 2.37. The summed E-state index contributed by atoms with van der Waals surface area (Å²) in [7, 11) is 0. The highest BCUT2D eigenvalue weighted by atomic mass is 32.2. The molecule has 0 amide bonds. The summed E-state index contributed by atoms with van der Waals surface area (Å²) in [6, 6.07) is -0.689. The first-order valence-corrected chi connectivity index (χ1v) is 7.32. The molecule has 0 aliphatic rings. The third kappa shape index (κ3) is 4.79. The second kappa shape index (κ2) is 6.67. The summed E-state index contributed by atoms with van der Waals surface area (Å²) in [5.41, 5.74) is -1.95. The van der Waals surface area contributed by atoms with E-state index < -0.39 is 51.7 Å². The van der Waals surface area contributed by atoms with Crippen LogP contribution in [-0.2, 0) is 17.5 Å². The molecule has 1 N–H and O–H groups in total. The fourth-order valence-electron chi connectivity index (χ4n) is 1.50. The number of hydrogen-bond acceptors (Lipinski definition) is 2. The van der Waals surface area contributed by atoms with E-state index in [-0.39, 0.29) is 6.07 Å². The SMILES string of the molecule is CC(C)(C)[S+]([O-])N[C@@H](c1ccc(C(F)(F)F)cc1F)C(F)F. The number of benzene rings is 1. The molecule has 0 heterocycles. The van der Waals surface area contributed by atoms with Crippen LogP contribution in [0.3, 0.4) is 0 Å². The van der Waals surface area contributed by atoms with E-state index in [9.17, 15) is 30.9 Å². The minimum Gasteiger partial charge on any atom is -0.598 e. The summed E-state index contributed by atoms with van der Waals surface area (Å²) in [5.74, 6) is -1.43. The smallest absolute Gasteiger partial charge is 0.416 e. The van der Waals surface area contributed by atoms with Crippen molar-refractivity contribution in [2.75, 3.05) is 0 Å². The molecular formula is C13H15F6NOS. The van der Waals surface area contributed by atoms with E-state index in [4.69, 9.17) is 0 Å². The summed E-state index contributed by atoms with van der Waals surface area (Å²) >= 11 is -1.94. The van der Waals surface area contributed by atoms with Crippen molar-refractivity contribution in [1.29, 1.82) is 0 Å². The van der Waals surface area contributed by atoms with E-state index in [1.165, 1.54) is 20.8 Å². The van der Waals surface area contributed by atoms with E-state index in [0.29, 0.717) is 12.1 Å². The predicted octanol–water partition coefficient (Wildman–Crippen LogP) is 4.20. The Bertz CT molecular complexity index is 514. The molecule has 0 fully saturated rings. The first kappa shape index (κ1) is 19.1. The first-order chi connectivity index (χ1) is 9.84. The van der Waals surface area contributed by atoms with Crippen LogP contribution in [0, 0.1) is 5.82 Å². The number of hydrogen-bond donors (Lipinski definition) is 1. The lowest BCUT2D eigenvalue weighted by atomic mass is 10.0. The first-order valence-electron chi connectivity index (χ1n) is 6.17. The summed E-state index contributed by atoms with van der Waals surface area (Å²) in [6.07, 6.45) is -7.92. The fourth-order valence-corrected chi connectivity index (χ4v) is 2.31. The lowest BCUT2D eigenvalue weighted by molar-refractivity contribution is -0.137. The zero-order valence-corrected chi connectivity index (χ0v) is 12.8. The second-order valence-corrected chi connectivity index (χ2v) is 7.54. The lowest BCUT2D eigenvalue weighted by Crippen LogP contribution is -2.43. The fraction of sp³-hybridized carbons (Fsp3) is 0.538. The maximum atomic E-state index is 13.8. The third-order valence-electron chi connectivity index (χ3n) is 2.71. The van der Waals surface area contributed by atoms with Gasteiger partial charge in [-0.3, -0.25) is 0 Å². The van der Waals surface area contributed by atoms with Crippen molar-refractivity contribution < 1.29 is 30.9 Å². The zero-order valence-electron chi connectivity index (χ0n) is 12.0. The van der Waals surface area contributed by atoms with Crippen molar-refractivity contribution >= 4 is 11.4 Å². The standard InChI is InChI=1S/C13H15F6NOS/c1-12(2,3)22(21)20-10(11(15)16)8-5-4-7(6-9(8)14)13(17,18)19/h4-6,10-11,20H,1-3H3/t10-,22?/m0/s1. The van der Waals surface area contributed by atoms with Gasteiger partial charge in [0.1, 0.15) is 16.6 Å². The molecule has 126 valence electrons. The summed E-state index contributed by atoms with van der Waals surface area (Å²) in [4.78, 5) is 0. The Balaban J connectivity index is 3.13. The monoisotopic (exact) mass is 347 g/mol. The molecule has 0 aromatic heterocycles. The van der Waals surface area contributed by atoms with Gasteiger partial charge in [-0.2, -0.15) is 13.2 Å². The van der Waals surface area contributed by atoms with Crippen LogP contribution in [-0.4, -0.2) is 15.7 Å². The van der Waals surface area contributed by atoms with Crippen LogP contribution >= 0.6 is 0 Å². The molecule has 9 heteroatoms. The molecule has 0 saturated heterocycles. The normalized spacial score (nSPS) is 16.0. The summed E-state index contributed by atoms with van der Waals surface area (Å²) in [6.45, 7) is 4.55. The van der Waals surface area contributed by atoms with Crippen LogP contribution in [0.15, 0.2) is 18.2 Å². The Morgan fingerprint density at radius 2 is 1.68 bits per heavy atom. The Labute approximate surface area is 127 Å². The van der Waals surface area contributed by atoms with Gasteiger partial charge in [0, 0.05) is 16.9 Å². The molecule has 1 rings (SSSR count). The van der Waals surface area contributed by atoms with Gasteiger partial charge in [0.15, 0.2) is 0 Å². The Morgan fingerprint density at radius 1 is 1.14 bits per heavy atom. The summed E-state index contributed by atoms with van der Waals surface area (Å²) < 4.78 is 90.3. The van der Waals surface area contributed by atoms with Crippen molar-refractivity contribution in [2.45, 2.75) is 44.2 Å². The number of rotatable bonds is 4. The minimum atomic E-state index is -4.78. The average Bonchev–Trinajstić information content (AvgIpc) is 2.33. The molecule has 0 radical (unpaired) electrons. The Hall–Kier alpha value is -0.930. The third-order valence-corrected chi connectivity index (χ3v) is 4.29. The van der Waals surface area contributed by atoms with Gasteiger partial charge in [-0.15, -0.1) is 4.72 Å². The van der Waals surface area contributed by atoms with Gasteiger partial charge < -0.3 is 4.55 Å². The molecule has 22 heavy (non-hydrogen) atoms. The van der Waals surface area contributed by atoms with Gasteiger partial charge in [0.05, 0.1) is 5.56 Å². The van der Waals surface area contributed by atoms with Crippen LogP contribution in [0.1, 0.15) is 37.9 Å². The van der Waals surface area contributed by atoms with E-state index >= 15 is 0 Å². The second-order valence-electron chi connectivity index (χ2n) is 5.55. The largest absolute Gasteiger partial charge is 0.598 e. The number of nitrogens with one attached hydrogen (secondary N) is 1. The van der Waals surface area contributed by atoms with Gasteiger partial charge in [-0.1, -0.05) is 6.07 Å². The molecule has 2 atom stereocenters. The molecule has 1 aromatic rings. The van der Waals surface area contributed by atoms with E-state index in [1.54, 1.807) is 0 Å². The average molecular weight is 347 g/mol. The molecule has 1 aromatic carbocycles. The van der Waals surface area contributed by atoms with E-state index in [2.05, 4.69) is 4.72 Å². The van der Waals surface area contributed by atoms with Crippen LogP contribution < -0.4 is 4.72 Å². The quantitative estimate of drug-likeness (QED) is 0.654. The van der Waals surface area contributed by atoms with Crippen LogP contribution in [0.5, 0.6) is 0 Å². The van der Waals surface area contributed by atoms with Crippen LogP contribution in [0.2, 0.25) is 0 Å².